The predicted molar refractivity (Wildman–Crippen MR) is 81.1 cm³/mol. The van der Waals surface area contributed by atoms with Gasteiger partial charge in [-0.1, -0.05) is 37.3 Å². The van der Waals surface area contributed by atoms with Crippen molar-refractivity contribution in [2.24, 2.45) is 0 Å². The number of rotatable bonds is 5. The number of anilines is 1. The Hall–Kier alpha value is -2.29. The second-order valence-corrected chi connectivity index (χ2v) is 4.58. The van der Waals surface area contributed by atoms with Gasteiger partial charge < -0.3 is 10.1 Å². The molecule has 3 nitrogen and oxygen atoms in total. The number of para-hydroxylation sites is 1. The molecule has 0 heterocycles. The minimum atomic E-state index is -0.00364. The number of methoxy groups -OCH3 is 1. The molecule has 0 saturated heterocycles. The largest absolute Gasteiger partial charge is 0.497 e. The zero-order valence-electron chi connectivity index (χ0n) is 11.8. The van der Waals surface area contributed by atoms with E-state index < -0.39 is 0 Å². The minimum Gasteiger partial charge on any atom is -0.497 e. The van der Waals surface area contributed by atoms with Crippen LogP contribution < -0.4 is 10.1 Å². The lowest BCUT2D eigenvalue weighted by Gasteiger charge is -2.10. The molecule has 2 aromatic carbocycles. The van der Waals surface area contributed by atoms with Crippen LogP contribution in [0.1, 0.15) is 18.1 Å². The van der Waals surface area contributed by atoms with Crippen molar-refractivity contribution < 1.29 is 9.53 Å². The minimum absolute atomic E-state index is 0.00364. The van der Waals surface area contributed by atoms with E-state index >= 15 is 0 Å². The van der Waals surface area contributed by atoms with Crippen LogP contribution in [0.15, 0.2) is 48.5 Å². The van der Waals surface area contributed by atoms with Crippen molar-refractivity contribution in [2.45, 2.75) is 19.8 Å². The van der Waals surface area contributed by atoms with Crippen molar-refractivity contribution in [2.75, 3.05) is 12.4 Å². The zero-order chi connectivity index (χ0) is 14.4. The highest BCUT2D eigenvalue weighted by atomic mass is 16.5. The summed E-state index contributed by atoms with van der Waals surface area (Å²) in [6, 6.07) is 15.4. The van der Waals surface area contributed by atoms with E-state index in [0.29, 0.717) is 6.42 Å². The fraction of sp³-hybridized carbons (Fsp3) is 0.235. The van der Waals surface area contributed by atoms with Gasteiger partial charge >= 0.3 is 0 Å². The Morgan fingerprint density at radius 3 is 2.45 bits per heavy atom. The number of ether oxygens (including phenoxy) is 1. The lowest BCUT2D eigenvalue weighted by Crippen LogP contribution is -2.15. The molecule has 0 aromatic heterocycles. The Labute approximate surface area is 119 Å². The van der Waals surface area contributed by atoms with Crippen molar-refractivity contribution in [3.05, 3.63) is 59.7 Å². The maximum Gasteiger partial charge on any atom is 0.228 e. The normalized spacial score (nSPS) is 10.1. The van der Waals surface area contributed by atoms with Crippen LogP contribution in [0.5, 0.6) is 5.75 Å². The Kier molecular flexibility index (Phi) is 4.77. The Morgan fingerprint density at radius 2 is 1.80 bits per heavy atom. The first-order valence-electron chi connectivity index (χ1n) is 6.73. The molecule has 0 bridgehead atoms. The van der Waals surface area contributed by atoms with Crippen LogP contribution in [0.3, 0.4) is 0 Å². The Balaban J connectivity index is 2.01. The number of hydrogen-bond donors (Lipinski definition) is 1. The average molecular weight is 269 g/mol. The van der Waals surface area contributed by atoms with E-state index in [1.165, 1.54) is 0 Å². The fourth-order valence-corrected chi connectivity index (χ4v) is 2.07. The molecule has 0 fully saturated rings. The molecule has 104 valence electrons. The summed E-state index contributed by atoms with van der Waals surface area (Å²) < 4.78 is 5.10. The summed E-state index contributed by atoms with van der Waals surface area (Å²) in [6.07, 6.45) is 1.26. The molecule has 3 heteroatoms. The van der Waals surface area contributed by atoms with Gasteiger partial charge in [-0.05, 0) is 35.7 Å². The van der Waals surface area contributed by atoms with Crippen molar-refractivity contribution in [1.82, 2.24) is 0 Å². The highest BCUT2D eigenvalue weighted by molar-refractivity contribution is 5.93. The van der Waals surface area contributed by atoms with Crippen molar-refractivity contribution in [1.29, 1.82) is 0 Å². The van der Waals surface area contributed by atoms with Gasteiger partial charge in [-0.25, -0.2) is 0 Å². The van der Waals surface area contributed by atoms with E-state index in [-0.39, 0.29) is 5.91 Å². The van der Waals surface area contributed by atoms with Crippen LogP contribution in [0.4, 0.5) is 5.69 Å². The molecule has 0 aliphatic carbocycles. The quantitative estimate of drug-likeness (QED) is 0.903. The first kappa shape index (κ1) is 14.1. The monoisotopic (exact) mass is 269 g/mol. The van der Waals surface area contributed by atoms with E-state index in [4.69, 9.17) is 4.74 Å². The molecular formula is C17H19NO2. The summed E-state index contributed by atoms with van der Waals surface area (Å²) in [5, 5.41) is 2.97. The molecular weight excluding hydrogens is 250 g/mol. The number of aryl methyl sites for hydroxylation is 1. The Morgan fingerprint density at radius 1 is 1.10 bits per heavy atom. The van der Waals surface area contributed by atoms with Crippen LogP contribution >= 0.6 is 0 Å². The lowest BCUT2D eigenvalue weighted by molar-refractivity contribution is -0.115. The molecule has 2 rings (SSSR count). The molecule has 0 atom stereocenters. The van der Waals surface area contributed by atoms with Crippen molar-refractivity contribution >= 4 is 11.6 Å². The molecule has 1 amide bonds. The van der Waals surface area contributed by atoms with Gasteiger partial charge in [0.2, 0.25) is 5.91 Å². The van der Waals surface area contributed by atoms with Crippen molar-refractivity contribution in [3.63, 3.8) is 0 Å². The molecule has 0 saturated carbocycles. The standard InChI is InChI=1S/C17H19NO2/c1-3-14-6-4-5-7-16(14)18-17(19)12-13-8-10-15(20-2)11-9-13/h4-11H,3,12H2,1-2H3,(H,18,19). The van der Waals surface area contributed by atoms with Crippen LogP contribution in [0, 0.1) is 0 Å². The number of carbonyl (C=O) groups is 1. The van der Waals surface area contributed by atoms with Crippen LogP contribution in [-0.4, -0.2) is 13.0 Å². The highest BCUT2D eigenvalue weighted by Crippen LogP contribution is 2.16. The number of hydrogen-bond acceptors (Lipinski definition) is 2. The van der Waals surface area contributed by atoms with E-state index in [1.54, 1.807) is 7.11 Å². The SMILES string of the molecule is CCc1ccccc1NC(=O)Cc1ccc(OC)cc1. The first-order valence-corrected chi connectivity index (χ1v) is 6.73. The third-order valence-corrected chi connectivity index (χ3v) is 3.20. The summed E-state index contributed by atoms with van der Waals surface area (Å²) in [5.74, 6) is 0.793. The van der Waals surface area contributed by atoms with E-state index in [2.05, 4.69) is 12.2 Å². The first-order chi connectivity index (χ1) is 9.72. The van der Waals surface area contributed by atoms with E-state index in [9.17, 15) is 4.79 Å². The molecule has 20 heavy (non-hydrogen) atoms. The molecule has 1 N–H and O–H groups in total. The third kappa shape index (κ3) is 3.60. The molecule has 2 aromatic rings. The molecule has 0 unspecified atom stereocenters. The highest BCUT2D eigenvalue weighted by Gasteiger charge is 2.06. The van der Waals surface area contributed by atoms with Crippen LogP contribution in [0.2, 0.25) is 0 Å². The van der Waals surface area contributed by atoms with E-state index in [1.807, 2.05) is 48.5 Å². The fourth-order valence-electron chi connectivity index (χ4n) is 2.07. The summed E-state index contributed by atoms with van der Waals surface area (Å²) in [7, 11) is 1.63. The number of nitrogens with one attached hydrogen (secondary N) is 1. The number of carbonyl (C=O) groups excluding carboxylic acids is 1. The molecule has 0 aliphatic heterocycles. The molecule has 0 spiro atoms. The van der Waals surface area contributed by atoms with Gasteiger partial charge in [-0.15, -0.1) is 0 Å². The topological polar surface area (TPSA) is 38.3 Å². The number of benzene rings is 2. The van der Waals surface area contributed by atoms with Gasteiger partial charge in [-0.2, -0.15) is 0 Å². The summed E-state index contributed by atoms with van der Waals surface area (Å²) in [6.45, 7) is 2.08. The summed E-state index contributed by atoms with van der Waals surface area (Å²) in [5.41, 5.74) is 3.02. The van der Waals surface area contributed by atoms with Gasteiger partial charge in [-0.3, -0.25) is 4.79 Å². The second kappa shape index (κ2) is 6.75. The van der Waals surface area contributed by atoms with Crippen molar-refractivity contribution in [3.8, 4) is 5.75 Å². The maximum absolute atomic E-state index is 12.1. The average Bonchev–Trinajstić information content (AvgIpc) is 2.48. The van der Waals surface area contributed by atoms with Gasteiger partial charge in [0.05, 0.1) is 13.5 Å². The predicted octanol–water partition coefficient (Wildman–Crippen LogP) is 3.44. The third-order valence-electron chi connectivity index (χ3n) is 3.20. The molecule has 0 radical (unpaired) electrons. The van der Waals surface area contributed by atoms with Gasteiger partial charge in [0, 0.05) is 5.69 Å². The zero-order valence-corrected chi connectivity index (χ0v) is 11.8. The van der Waals surface area contributed by atoms with Gasteiger partial charge in [0.1, 0.15) is 5.75 Å². The summed E-state index contributed by atoms with van der Waals surface area (Å²) >= 11 is 0. The van der Waals surface area contributed by atoms with Crippen LogP contribution in [0.25, 0.3) is 0 Å². The van der Waals surface area contributed by atoms with Crippen LogP contribution in [-0.2, 0) is 17.6 Å². The number of amides is 1. The lowest BCUT2D eigenvalue weighted by atomic mass is 10.1. The smallest absolute Gasteiger partial charge is 0.228 e. The van der Waals surface area contributed by atoms with E-state index in [0.717, 1.165) is 29.0 Å². The van der Waals surface area contributed by atoms with Gasteiger partial charge in [0.25, 0.3) is 0 Å². The molecule has 0 aliphatic rings. The Bertz CT molecular complexity index is 576. The maximum atomic E-state index is 12.1. The van der Waals surface area contributed by atoms with Gasteiger partial charge in [0.15, 0.2) is 0 Å². The second-order valence-electron chi connectivity index (χ2n) is 4.58. The summed E-state index contributed by atoms with van der Waals surface area (Å²) in [4.78, 5) is 12.1.